The van der Waals surface area contributed by atoms with Crippen molar-refractivity contribution in [3.05, 3.63) is 82.2 Å². The fourth-order valence-electron chi connectivity index (χ4n) is 4.46. The summed E-state index contributed by atoms with van der Waals surface area (Å²) < 4.78 is 21.1. The van der Waals surface area contributed by atoms with Crippen LogP contribution < -0.4 is 0 Å². The normalized spacial score (nSPS) is 13.0. The Bertz CT molecular complexity index is 1350. The molecule has 0 radical (unpaired) electrons. The molecule has 1 aliphatic carbocycles. The van der Waals surface area contributed by atoms with E-state index in [1.54, 1.807) is 27.8 Å². The molecule has 5 rings (SSSR count). The van der Waals surface area contributed by atoms with Crippen molar-refractivity contribution in [1.82, 2.24) is 24.9 Å². The zero-order valence-electron chi connectivity index (χ0n) is 19.4. The van der Waals surface area contributed by atoms with Gasteiger partial charge < -0.3 is 9.32 Å². The summed E-state index contributed by atoms with van der Waals surface area (Å²) in [4.78, 5) is 15.4. The summed E-state index contributed by atoms with van der Waals surface area (Å²) in [7, 11) is 0. The first-order valence-corrected chi connectivity index (χ1v) is 12.2. The van der Waals surface area contributed by atoms with Crippen LogP contribution in [0.15, 0.2) is 52.9 Å². The summed E-state index contributed by atoms with van der Waals surface area (Å²) in [6.45, 7) is 2.69. The van der Waals surface area contributed by atoms with Gasteiger partial charge in [-0.3, -0.25) is 4.79 Å². The number of fused-ring (bicyclic) bond motifs is 1. The Morgan fingerprint density at radius 2 is 1.89 bits per heavy atom. The second-order valence-corrected chi connectivity index (χ2v) is 8.98. The molecule has 1 aliphatic rings. The minimum atomic E-state index is -0.309. The first-order valence-electron chi connectivity index (χ1n) is 11.8. The molecule has 0 saturated heterocycles. The number of carbonyl (C=O) groups is 1. The molecule has 2 aromatic carbocycles. The number of benzene rings is 2. The quantitative estimate of drug-likeness (QED) is 0.332. The van der Waals surface area contributed by atoms with Gasteiger partial charge in [0.05, 0.1) is 22.8 Å². The number of halogens is 2. The predicted octanol–water partition coefficient (Wildman–Crippen LogP) is 5.65. The first kappa shape index (κ1) is 23.2. The van der Waals surface area contributed by atoms with Gasteiger partial charge in [0, 0.05) is 17.8 Å². The monoisotopic (exact) mass is 493 g/mol. The molecule has 35 heavy (non-hydrogen) atoms. The number of rotatable bonds is 7. The molecule has 0 spiro atoms. The summed E-state index contributed by atoms with van der Waals surface area (Å²) in [5.41, 5.74) is 3.80. The SMILES string of the molecule is CCCN(Cc1nnc(-c2ccccc2Cl)o1)C(=O)c1nn(-c2ccc(F)cc2)c2c1CCCC2. The van der Waals surface area contributed by atoms with Crippen molar-refractivity contribution in [2.24, 2.45) is 0 Å². The maximum Gasteiger partial charge on any atom is 0.275 e. The first-order chi connectivity index (χ1) is 17.0. The predicted molar refractivity (Wildman–Crippen MR) is 130 cm³/mol. The highest BCUT2D eigenvalue weighted by Gasteiger charge is 2.29. The minimum absolute atomic E-state index is 0.169. The second kappa shape index (κ2) is 10.00. The summed E-state index contributed by atoms with van der Waals surface area (Å²) in [5.74, 6) is 0.153. The Labute approximate surface area is 207 Å². The Hall–Kier alpha value is -3.52. The van der Waals surface area contributed by atoms with Crippen LogP contribution in [0.2, 0.25) is 5.02 Å². The van der Waals surface area contributed by atoms with Crippen LogP contribution in [0.1, 0.15) is 53.8 Å². The Balaban J connectivity index is 1.45. The Morgan fingerprint density at radius 3 is 2.66 bits per heavy atom. The van der Waals surface area contributed by atoms with Crippen LogP contribution >= 0.6 is 11.6 Å². The molecule has 0 aliphatic heterocycles. The smallest absolute Gasteiger partial charge is 0.275 e. The lowest BCUT2D eigenvalue weighted by molar-refractivity contribution is 0.0721. The zero-order valence-corrected chi connectivity index (χ0v) is 20.1. The summed E-state index contributed by atoms with van der Waals surface area (Å²) >= 11 is 6.26. The van der Waals surface area contributed by atoms with E-state index < -0.39 is 0 Å². The average Bonchev–Trinajstić information content (AvgIpc) is 3.49. The average molecular weight is 494 g/mol. The van der Waals surface area contributed by atoms with Gasteiger partial charge >= 0.3 is 0 Å². The molecule has 0 N–H and O–H groups in total. The van der Waals surface area contributed by atoms with Gasteiger partial charge in [-0.15, -0.1) is 10.2 Å². The van der Waals surface area contributed by atoms with Crippen LogP contribution in [-0.2, 0) is 19.4 Å². The third kappa shape index (κ3) is 4.71. The van der Waals surface area contributed by atoms with Gasteiger partial charge in [-0.2, -0.15) is 5.10 Å². The summed E-state index contributed by atoms with van der Waals surface area (Å²) in [5, 5.41) is 13.5. The van der Waals surface area contributed by atoms with E-state index in [4.69, 9.17) is 21.1 Å². The summed E-state index contributed by atoms with van der Waals surface area (Å²) in [6.07, 6.45) is 4.40. The molecule has 7 nitrogen and oxygen atoms in total. The molecule has 2 aromatic heterocycles. The van der Waals surface area contributed by atoms with Gasteiger partial charge in [-0.25, -0.2) is 9.07 Å². The van der Waals surface area contributed by atoms with E-state index in [2.05, 4.69) is 10.2 Å². The third-order valence-electron chi connectivity index (χ3n) is 6.13. The van der Waals surface area contributed by atoms with E-state index in [1.807, 2.05) is 25.1 Å². The molecular formula is C26H25ClFN5O2. The van der Waals surface area contributed by atoms with Crippen molar-refractivity contribution in [3.63, 3.8) is 0 Å². The van der Waals surface area contributed by atoms with Crippen LogP contribution in [0.4, 0.5) is 4.39 Å². The van der Waals surface area contributed by atoms with Crippen LogP contribution in [0.3, 0.4) is 0 Å². The zero-order chi connectivity index (χ0) is 24.4. The van der Waals surface area contributed by atoms with Gasteiger partial charge in [0.15, 0.2) is 5.69 Å². The van der Waals surface area contributed by atoms with E-state index in [1.165, 1.54) is 12.1 Å². The Morgan fingerprint density at radius 1 is 1.11 bits per heavy atom. The highest BCUT2D eigenvalue weighted by Crippen LogP contribution is 2.29. The maximum atomic E-state index is 13.7. The number of nitrogens with zero attached hydrogens (tertiary/aromatic N) is 5. The number of amides is 1. The number of hydrogen-bond donors (Lipinski definition) is 0. The molecule has 180 valence electrons. The standard InChI is InChI=1S/C26H25ClFN5O2/c1-2-15-32(16-23-29-30-25(35-23)19-7-3-5-9-21(19)27)26(34)24-20-8-4-6-10-22(20)33(31-24)18-13-11-17(28)12-14-18/h3,5,7,9,11-14H,2,4,6,8,10,15-16H2,1H3. The molecule has 9 heteroatoms. The van der Waals surface area contributed by atoms with Gasteiger partial charge in [0.1, 0.15) is 5.82 Å². The highest BCUT2D eigenvalue weighted by atomic mass is 35.5. The molecule has 0 atom stereocenters. The molecule has 0 bridgehead atoms. The van der Waals surface area contributed by atoms with E-state index in [0.29, 0.717) is 34.6 Å². The van der Waals surface area contributed by atoms with Crippen LogP contribution in [0.25, 0.3) is 17.1 Å². The highest BCUT2D eigenvalue weighted by molar-refractivity contribution is 6.33. The minimum Gasteiger partial charge on any atom is -0.419 e. The molecule has 2 heterocycles. The lowest BCUT2D eigenvalue weighted by Gasteiger charge is -2.20. The summed E-state index contributed by atoms with van der Waals surface area (Å²) in [6, 6.07) is 13.4. The molecule has 0 fully saturated rings. The maximum absolute atomic E-state index is 13.7. The fourth-order valence-corrected chi connectivity index (χ4v) is 4.68. The van der Waals surface area contributed by atoms with E-state index in [9.17, 15) is 9.18 Å². The number of aromatic nitrogens is 4. The van der Waals surface area contributed by atoms with Gasteiger partial charge in [0.2, 0.25) is 11.8 Å². The van der Waals surface area contributed by atoms with E-state index in [0.717, 1.165) is 49.0 Å². The van der Waals surface area contributed by atoms with Gasteiger partial charge in [-0.1, -0.05) is 30.7 Å². The van der Waals surface area contributed by atoms with Crippen molar-refractivity contribution in [1.29, 1.82) is 0 Å². The molecule has 0 saturated carbocycles. The Kier molecular flexibility index (Phi) is 6.63. The lowest BCUT2D eigenvalue weighted by Crippen LogP contribution is -2.32. The second-order valence-electron chi connectivity index (χ2n) is 8.58. The van der Waals surface area contributed by atoms with Crippen LogP contribution in [-0.4, -0.2) is 37.3 Å². The van der Waals surface area contributed by atoms with Gasteiger partial charge in [0.25, 0.3) is 5.91 Å². The van der Waals surface area contributed by atoms with Crippen molar-refractivity contribution in [3.8, 4) is 17.1 Å². The van der Waals surface area contributed by atoms with Gasteiger partial charge in [-0.05, 0) is 68.5 Å². The molecule has 4 aromatic rings. The van der Waals surface area contributed by atoms with Crippen LogP contribution in [0, 0.1) is 5.82 Å². The third-order valence-corrected chi connectivity index (χ3v) is 6.46. The number of hydrogen-bond acceptors (Lipinski definition) is 5. The number of carbonyl (C=O) groups excluding carboxylic acids is 1. The topological polar surface area (TPSA) is 77.1 Å². The lowest BCUT2D eigenvalue weighted by atomic mass is 9.95. The fraction of sp³-hybridized carbons (Fsp3) is 0.308. The van der Waals surface area contributed by atoms with Crippen molar-refractivity contribution in [2.45, 2.75) is 45.6 Å². The van der Waals surface area contributed by atoms with Crippen LogP contribution in [0.5, 0.6) is 0 Å². The van der Waals surface area contributed by atoms with Crippen molar-refractivity contribution >= 4 is 17.5 Å². The van der Waals surface area contributed by atoms with Crippen molar-refractivity contribution in [2.75, 3.05) is 6.54 Å². The largest absolute Gasteiger partial charge is 0.419 e. The van der Waals surface area contributed by atoms with Crippen molar-refractivity contribution < 1.29 is 13.6 Å². The molecule has 1 amide bonds. The molecule has 0 unspecified atom stereocenters. The molecular weight excluding hydrogens is 469 g/mol. The van der Waals surface area contributed by atoms with E-state index in [-0.39, 0.29) is 18.3 Å². The van der Waals surface area contributed by atoms with E-state index >= 15 is 0 Å².